The molecule has 2 N–H and O–H groups in total. The number of carbonyl (C=O) groups excluding carboxylic acids is 1. The number of nitrogens with zero attached hydrogens (tertiary/aromatic N) is 1. The molecule has 0 spiro atoms. The Balaban J connectivity index is 2.87. The second kappa shape index (κ2) is 6.93. The number of carbonyl (C=O) groups is 2. The minimum absolute atomic E-state index is 0.173. The summed E-state index contributed by atoms with van der Waals surface area (Å²) < 4.78 is 0. The molecule has 0 saturated heterocycles. The van der Waals surface area contributed by atoms with Crippen LogP contribution in [0.3, 0.4) is 0 Å². The normalized spacial score (nSPS) is 12.1. The van der Waals surface area contributed by atoms with Crippen LogP contribution in [-0.2, 0) is 4.79 Å². The van der Waals surface area contributed by atoms with Crippen molar-refractivity contribution >= 4 is 17.7 Å². The topological polar surface area (TPSA) is 69.6 Å². The zero-order valence-corrected chi connectivity index (χ0v) is 12.4. The van der Waals surface area contributed by atoms with Gasteiger partial charge in [-0.1, -0.05) is 31.5 Å². The molecule has 0 heterocycles. The van der Waals surface area contributed by atoms with E-state index in [1.165, 1.54) is 4.90 Å². The second-order valence-electron chi connectivity index (χ2n) is 5.09. The number of carboxylic acids is 1. The number of rotatable bonds is 5. The van der Waals surface area contributed by atoms with Gasteiger partial charge in [-0.3, -0.25) is 4.90 Å². The molecule has 0 radical (unpaired) electrons. The van der Waals surface area contributed by atoms with Gasteiger partial charge in [-0.2, -0.15) is 0 Å². The summed E-state index contributed by atoms with van der Waals surface area (Å²) in [6.07, 6.45) is 0. The SMILES string of the molecule is CCN(C(=O)NC(C(=O)O)C(C)C)c1ccc(C)cc1. The maximum absolute atomic E-state index is 12.2. The van der Waals surface area contributed by atoms with Crippen LogP contribution < -0.4 is 10.2 Å². The van der Waals surface area contributed by atoms with Gasteiger partial charge in [0.05, 0.1) is 0 Å². The predicted molar refractivity (Wildman–Crippen MR) is 79.0 cm³/mol. The predicted octanol–water partition coefficient (Wildman–Crippen LogP) is 2.64. The zero-order valence-electron chi connectivity index (χ0n) is 12.4. The summed E-state index contributed by atoms with van der Waals surface area (Å²) in [5.41, 5.74) is 1.86. The average Bonchev–Trinajstić information content (AvgIpc) is 2.38. The van der Waals surface area contributed by atoms with Gasteiger partial charge >= 0.3 is 12.0 Å². The molecular formula is C15H22N2O3. The molecule has 0 aliphatic heterocycles. The Morgan fingerprint density at radius 2 is 1.80 bits per heavy atom. The van der Waals surface area contributed by atoms with E-state index in [0.717, 1.165) is 11.3 Å². The molecule has 5 heteroatoms. The molecule has 1 rings (SSSR count). The van der Waals surface area contributed by atoms with Crippen LogP contribution >= 0.6 is 0 Å². The number of hydrogen-bond acceptors (Lipinski definition) is 2. The summed E-state index contributed by atoms with van der Waals surface area (Å²) >= 11 is 0. The molecule has 0 bridgehead atoms. The highest BCUT2D eigenvalue weighted by atomic mass is 16.4. The molecule has 20 heavy (non-hydrogen) atoms. The fourth-order valence-electron chi connectivity index (χ4n) is 1.89. The third kappa shape index (κ3) is 3.98. The van der Waals surface area contributed by atoms with Gasteiger partial charge in [0.25, 0.3) is 0 Å². The minimum Gasteiger partial charge on any atom is -0.480 e. The molecule has 1 unspecified atom stereocenters. The molecule has 110 valence electrons. The Morgan fingerprint density at radius 3 is 2.20 bits per heavy atom. The van der Waals surface area contributed by atoms with Gasteiger partial charge < -0.3 is 10.4 Å². The summed E-state index contributed by atoms with van der Waals surface area (Å²) in [6.45, 7) is 7.83. The van der Waals surface area contributed by atoms with E-state index in [1.54, 1.807) is 13.8 Å². The summed E-state index contributed by atoms with van der Waals surface area (Å²) in [7, 11) is 0. The van der Waals surface area contributed by atoms with Crippen LogP contribution in [0.4, 0.5) is 10.5 Å². The van der Waals surface area contributed by atoms with Crippen molar-refractivity contribution in [2.45, 2.75) is 33.7 Å². The van der Waals surface area contributed by atoms with Gasteiger partial charge in [-0.15, -0.1) is 0 Å². The van der Waals surface area contributed by atoms with Gasteiger partial charge in [0.2, 0.25) is 0 Å². The minimum atomic E-state index is -1.02. The van der Waals surface area contributed by atoms with E-state index in [0.29, 0.717) is 6.54 Å². The van der Waals surface area contributed by atoms with Crippen LogP contribution in [0.2, 0.25) is 0 Å². The standard InChI is InChI=1S/C15H22N2O3/c1-5-17(12-8-6-11(4)7-9-12)15(20)16-13(10(2)3)14(18)19/h6-10,13H,5H2,1-4H3,(H,16,20)(H,18,19). The lowest BCUT2D eigenvalue weighted by atomic mass is 10.1. The summed E-state index contributed by atoms with van der Waals surface area (Å²) in [6, 6.07) is 6.26. The van der Waals surface area contributed by atoms with Crippen molar-refractivity contribution in [1.29, 1.82) is 0 Å². The third-order valence-electron chi connectivity index (χ3n) is 3.12. The maximum Gasteiger partial charge on any atom is 0.326 e. The first kappa shape index (κ1) is 16.0. The van der Waals surface area contributed by atoms with E-state index in [4.69, 9.17) is 5.11 Å². The number of carboxylic acid groups (broad SMARTS) is 1. The van der Waals surface area contributed by atoms with Gasteiger partial charge in [-0.05, 0) is 31.9 Å². The number of aryl methyl sites for hydroxylation is 1. The van der Waals surface area contributed by atoms with E-state index in [-0.39, 0.29) is 5.92 Å². The highest BCUT2D eigenvalue weighted by molar-refractivity contribution is 5.94. The molecule has 0 aliphatic carbocycles. The number of amides is 2. The van der Waals surface area contributed by atoms with Crippen molar-refractivity contribution in [3.63, 3.8) is 0 Å². The van der Waals surface area contributed by atoms with Crippen LogP contribution in [0.1, 0.15) is 26.3 Å². The van der Waals surface area contributed by atoms with Gasteiger partial charge in [0.15, 0.2) is 0 Å². The number of urea groups is 1. The third-order valence-corrected chi connectivity index (χ3v) is 3.12. The van der Waals surface area contributed by atoms with E-state index < -0.39 is 18.0 Å². The Hall–Kier alpha value is -2.04. The van der Waals surface area contributed by atoms with Crippen LogP contribution in [0, 0.1) is 12.8 Å². The van der Waals surface area contributed by atoms with Crippen molar-refractivity contribution < 1.29 is 14.7 Å². The van der Waals surface area contributed by atoms with Crippen LogP contribution in [-0.4, -0.2) is 29.7 Å². The first-order valence-electron chi connectivity index (χ1n) is 6.74. The summed E-state index contributed by atoms with van der Waals surface area (Å²) in [5, 5.41) is 11.7. The molecule has 0 aromatic heterocycles. The van der Waals surface area contributed by atoms with Crippen molar-refractivity contribution in [2.24, 2.45) is 5.92 Å². The zero-order chi connectivity index (χ0) is 15.3. The number of anilines is 1. The summed E-state index contributed by atoms with van der Waals surface area (Å²) in [5.74, 6) is -1.19. The van der Waals surface area contributed by atoms with Crippen LogP contribution in [0.15, 0.2) is 24.3 Å². The van der Waals surface area contributed by atoms with Crippen LogP contribution in [0.25, 0.3) is 0 Å². The molecule has 1 aromatic rings. The second-order valence-corrected chi connectivity index (χ2v) is 5.09. The molecule has 0 fully saturated rings. The molecule has 1 aromatic carbocycles. The van der Waals surface area contributed by atoms with E-state index in [1.807, 2.05) is 38.1 Å². The number of nitrogens with one attached hydrogen (secondary N) is 1. The lowest BCUT2D eigenvalue weighted by Gasteiger charge is -2.25. The molecule has 1 atom stereocenters. The summed E-state index contributed by atoms with van der Waals surface area (Å²) in [4.78, 5) is 24.9. The number of aliphatic carboxylic acids is 1. The molecule has 5 nitrogen and oxygen atoms in total. The van der Waals surface area contributed by atoms with E-state index in [2.05, 4.69) is 5.32 Å². The highest BCUT2D eigenvalue weighted by Gasteiger charge is 2.25. The highest BCUT2D eigenvalue weighted by Crippen LogP contribution is 2.15. The largest absolute Gasteiger partial charge is 0.480 e. The van der Waals surface area contributed by atoms with Crippen molar-refractivity contribution in [1.82, 2.24) is 5.32 Å². The smallest absolute Gasteiger partial charge is 0.326 e. The lowest BCUT2D eigenvalue weighted by molar-refractivity contribution is -0.140. The van der Waals surface area contributed by atoms with Crippen molar-refractivity contribution in [2.75, 3.05) is 11.4 Å². The van der Waals surface area contributed by atoms with Crippen molar-refractivity contribution in [3.8, 4) is 0 Å². The Kier molecular flexibility index (Phi) is 5.55. The Morgan fingerprint density at radius 1 is 1.25 bits per heavy atom. The van der Waals surface area contributed by atoms with Crippen molar-refractivity contribution in [3.05, 3.63) is 29.8 Å². The molecular weight excluding hydrogens is 256 g/mol. The fraction of sp³-hybridized carbons (Fsp3) is 0.467. The monoisotopic (exact) mass is 278 g/mol. The lowest BCUT2D eigenvalue weighted by Crippen LogP contribution is -2.50. The Labute approximate surface area is 119 Å². The van der Waals surface area contributed by atoms with Gasteiger partial charge in [0.1, 0.15) is 6.04 Å². The molecule has 2 amide bonds. The van der Waals surface area contributed by atoms with Crippen LogP contribution in [0.5, 0.6) is 0 Å². The fourth-order valence-corrected chi connectivity index (χ4v) is 1.89. The van der Waals surface area contributed by atoms with E-state index in [9.17, 15) is 9.59 Å². The first-order chi connectivity index (χ1) is 9.36. The quantitative estimate of drug-likeness (QED) is 0.870. The Bertz CT molecular complexity index is 469. The number of benzene rings is 1. The molecule has 0 saturated carbocycles. The first-order valence-corrected chi connectivity index (χ1v) is 6.74. The number of hydrogen-bond donors (Lipinski definition) is 2. The average molecular weight is 278 g/mol. The van der Waals surface area contributed by atoms with Gasteiger partial charge in [-0.25, -0.2) is 9.59 Å². The molecule has 0 aliphatic rings. The van der Waals surface area contributed by atoms with E-state index >= 15 is 0 Å². The maximum atomic E-state index is 12.2. The van der Waals surface area contributed by atoms with Gasteiger partial charge in [0, 0.05) is 12.2 Å².